The first-order valence-electron chi connectivity index (χ1n) is 29.8. The van der Waals surface area contributed by atoms with Crippen LogP contribution in [0, 0.1) is 10.1 Å². The van der Waals surface area contributed by atoms with E-state index in [4.69, 9.17) is 23.7 Å². The minimum atomic E-state index is -1.38. The second kappa shape index (κ2) is 30.2. The number of alkyl carbamates (subject to hydrolysis) is 2. The number of nitrogens with zero attached hydrogens (tertiary/aromatic N) is 2. The Labute approximate surface area is 517 Å². The molecule has 6 aromatic rings. The molecule has 1 aliphatic heterocycles. The van der Waals surface area contributed by atoms with Gasteiger partial charge in [-0.05, 0) is 148 Å². The fraction of sp³-hybridized carbons (Fsp3) is 0.368. The molecule has 1 aliphatic carbocycles. The van der Waals surface area contributed by atoms with E-state index in [1.54, 1.807) is 69.3 Å². The van der Waals surface area contributed by atoms with Gasteiger partial charge in [-0.15, -0.1) is 0 Å². The number of likely N-dealkylation sites (tertiary alicyclic amines) is 1. The van der Waals surface area contributed by atoms with Gasteiger partial charge in [0.2, 0.25) is 23.6 Å². The van der Waals surface area contributed by atoms with Gasteiger partial charge in [0, 0.05) is 44.0 Å². The Kier molecular flexibility index (Phi) is 22.1. The Hall–Kier alpha value is -9.79. The van der Waals surface area contributed by atoms with Crippen LogP contribution in [0.15, 0.2) is 152 Å². The first-order valence-corrected chi connectivity index (χ1v) is 29.8. The van der Waals surface area contributed by atoms with Crippen molar-refractivity contribution in [2.75, 3.05) is 26.2 Å². The van der Waals surface area contributed by atoms with E-state index in [0.29, 0.717) is 41.2 Å². The highest BCUT2D eigenvalue weighted by molar-refractivity contribution is 5.96. The number of amides is 6. The zero-order valence-electron chi connectivity index (χ0n) is 50.9. The maximum Gasteiger partial charge on any atom is 0.408 e. The predicted molar refractivity (Wildman–Crippen MR) is 331 cm³/mol. The fourth-order valence-corrected chi connectivity index (χ4v) is 10.5. The second-order valence-corrected chi connectivity index (χ2v) is 23.9. The Morgan fingerprint density at radius 3 is 1.78 bits per heavy atom. The molecule has 6 aromatic carbocycles. The van der Waals surface area contributed by atoms with E-state index < -0.39 is 88.6 Å². The van der Waals surface area contributed by atoms with Crippen LogP contribution in [0.3, 0.4) is 0 Å². The van der Waals surface area contributed by atoms with Crippen molar-refractivity contribution < 1.29 is 62.2 Å². The number of fused-ring (bicyclic) bond motifs is 3. The topological polar surface area (TPSA) is 272 Å². The number of nitro benzene ring substituents is 1. The van der Waals surface area contributed by atoms with Crippen LogP contribution in [-0.2, 0) is 64.2 Å². The minimum absolute atomic E-state index is 0.00903. The molecular formula is C68H77N7O14. The molecule has 8 rings (SSSR count). The summed E-state index contributed by atoms with van der Waals surface area (Å²) in [5.74, 6) is -2.64. The number of hydrogen-bond acceptors (Lipinski definition) is 14. The summed E-state index contributed by atoms with van der Waals surface area (Å²) in [6, 6.07) is 40.0. The molecule has 2 aliphatic rings. The molecular weight excluding hydrogens is 1140 g/mol. The summed E-state index contributed by atoms with van der Waals surface area (Å²) in [7, 11) is 0. The number of benzene rings is 6. The van der Waals surface area contributed by atoms with Gasteiger partial charge in [-0.3, -0.25) is 34.1 Å². The van der Waals surface area contributed by atoms with Crippen LogP contribution < -0.4 is 36.1 Å². The van der Waals surface area contributed by atoms with Crippen molar-refractivity contribution in [2.24, 2.45) is 0 Å². The van der Waals surface area contributed by atoms with Gasteiger partial charge in [0.15, 0.2) is 0 Å². The molecule has 0 unspecified atom stereocenters. The minimum Gasteiger partial charge on any atom is -0.489 e. The van der Waals surface area contributed by atoms with Gasteiger partial charge < -0.3 is 55.2 Å². The molecule has 0 aromatic heterocycles. The molecule has 21 nitrogen and oxygen atoms in total. The molecule has 0 radical (unpaired) electrons. The van der Waals surface area contributed by atoms with Crippen molar-refractivity contribution in [3.8, 4) is 22.6 Å². The van der Waals surface area contributed by atoms with Crippen molar-refractivity contribution in [3.63, 3.8) is 0 Å². The van der Waals surface area contributed by atoms with Crippen LogP contribution in [0.1, 0.15) is 107 Å². The molecule has 6 amide bonds. The van der Waals surface area contributed by atoms with E-state index in [-0.39, 0.29) is 70.0 Å². The molecule has 1 fully saturated rings. The summed E-state index contributed by atoms with van der Waals surface area (Å²) >= 11 is 0. The van der Waals surface area contributed by atoms with E-state index in [9.17, 15) is 34.1 Å². The number of esters is 1. The zero-order valence-corrected chi connectivity index (χ0v) is 50.9. The van der Waals surface area contributed by atoms with Crippen molar-refractivity contribution in [2.45, 2.75) is 135 Å². The summed E-state index contributed by atoms with van der Waals surface area (Å²) in [4.78, 5) is 110. The molecule has 0 bridgehead atoms. The van der Waals surface area contributed by atoms with Gasteiger partial charge in [-0.1, -0.05) is 103 Å². The summed E-state index contributed by atoms with van der Waals surface area (Å²) in [6.45, 7) is 10.5. The Bertz CT molecular complexity index is 3390. The first kappa shape index (κ1) is 65.2. The van der Waals surface area contributed by atoms with Crippen LogP contribution in [0.4, 0.5) is 15.3 Å². The summed E-state index contributed by atoms with van der Waals surface area (Å²) < 4.78 is 28.7. The molecule has 5 N–H and O–H groups in total. The number of non-ortho nitro benzene ring substituents is 1. The average Bonchev–Trinajstić information content (AvgIpc) is 1.73. The number of hydrogen-bond donors (Lipinski definition) is 5. The maximum absolute atomic E-state index is 15.1. The summed E-state index contributed by atoms with van der Waals surface area (Å²) in [6.07, 6.45) is -1.01. The van der Waals surface area contributed by atoms with Crippen LogP contribution in [0.5, 0.6) is 11.5 Å². The number of carbonyl (C=O) groups excluding carboxylic acids is 7. The maximum atomic E-state index is 15.1. The smallest absolute Gasteiger partial charge is 0.408 e. The van der Waals surface area contributed by atoms with E-state index in [1.165, 1.54) is 29.2 Å². The lowest BCUT2D eigenvalue weighted by molar-refractivity contribution is -0.384. The number of ether oxygens (including phenoxy) is 5. The van der Waals surface area contributed by atoms with Gasteiger partial charge in [-0.25, -0.2) is 9.59 Å². The number of nitro groups is 1. The zero-order chi connectivity index (χ0) is 63.7. The Morgan fingerprint density at radius 1 is 0.596 bits per heavy atom. The molecule has 468 valence electrons. The van der Waals surface area contributed by atoms with Gasteiger partial charge in [0.25, 0.3) is 5.69 Å². The average molecular weight is 1220 g/mol. The van der Waals surface area contributed by atoms with Crippen molar-refractivity contribution in [1.82, 2.24) is 31.5 Å². The van der Waals surface area contributed by atoms with Crippen LogP contribution in [0.25, 0.3) is 11.1 Å². The number of carbonyl (C=O) groups is 7. The predicted octanol–water partition coefficient (Wildman–Crippen LogP) is 9.17. The SMILES string of the molecule is CC(C)(C)OC(=O)N[C@@H](Cc1ccc(OC(C)(C)C)cc1)C(=O)N[C@H](CCCNC(=O)OCC1c2ccccc2-c2ccccc21)C(=O)N[C@@H](Cc1ccc(OCc2ccccc2)cc1)C(=O)N1CCC[C@H]1C(=O)NCC(=O)OCc1ccc([N+](=O)[O-])cc1. The van der Waals surface area contributed by atoms with E-state index in [0.717, 1.165) is 27.8 Å². The molecule has 0 saturated carbocycles. The lowest BCUT2D eigenvalue weighted by Crippen LogP contribution is -2.59. The molecule has 21 heteroatoms. The molecule has 1 saturated heterocycles. The lowest BCUT2D eigenvalue weighted by atomic mass is 9.98. The van der Waals surface area contributed by atoms with Crippen molar-refractivity contribution >= 4 is 47.5 Å². The third kappa shape index (κ3) is 19.4. The van der Waals surface area contributed by atoms with E-state index >= 15 is 9.59 Å². The Balaban J connectivity index is 1.01. The van der Waals surface area contributed by atoms with Crippen LogP contribution >= 0.6 is 0 Å². The normalized spacial score (nSPS) is 14.5. The number of rotatable bonds is 26. The molecule has 89 heavy (non-hydrogen) atoms. The number of nitrogens with one attached hydrogen (secondary N) is 5. The molecule has 0 spiro atoms. The molecule has 4 atom stereocenters. The van der Waals surface area contributed by atoms with Crippen molar-refractivity contribution in [1.29, 1.82) is 0 Å². The fourth-order valence-electron chi connectivity index (χ4n) is 10.5. The van der Waals surface area contributed by atoms with Crippen LogP contribution in [0.2, 0.25) is 0 Å². The second-order valence-electron chi connectivity index (χ2n) is 23.9. The lowest BCUT2D eigenvalue weighted by Gasteiger charge is -2.30. The van der Waals surface area contributed by atoms with Gasteiger partial charge >= 0.3 is 18.2 Å². The van der Waals surface area contributed by atoms with Gasteiger partial charge in [0.1, 0.15) is 73.2 Å². The molecule has 1 heterocycles. The highest BCUT2D eigenvalue weighted by Crippen LogP contribution is 2.44. The Morgan fingerprint density at radius 2 is 1.16 bits per heavy atom. The quantitative estimate of drug-likeness (QED) is 0.0111. The largest absolute Gasteiger partial charge is 0.489 e. The highest BCUT2D eigenvalue weighted by atomic mass is 16.6. The third-order valence-corrected chi connectivity index (χ3v) is 14.7. The first-order chi connectivity index (χ1) is 42.5. The third-order valence-electron chi connectivity index (χ3n) is 14.7. The standard InChI is InChI=1S/C68H77N7O14/c1-67(2,3)88-50-34-28-44(29-35-50)38-57(73-66(82)89-68(4,5)6)62(78)71-56(22-14-36-69-65(81)87-43-55-53-20-12-10-18-51(53)52-19-11-13-21-54(52)55)61(77)72-58(39-45-26-32-49(33-27-45)85-41-46-16-8-7-9-17-46)64(80)74-37-15-23-59(74)63(79)70-40-60(76)86-42-47-24-30-48(31-25-47)75(83)84/h7-13,16-21,24-35,55-59H,14-15,22-23,36-43H2,1-6H3,(H,69,81)(H,70,79)(H,71,78)(H,72,77)(H,73,82)/t56-,57+,58+,59+/m1/s1. The van der Waals surface area contributed by atoms with Crippen molar-refractivity contribution in [3.05, 3.63) is 195 Å². The summed E-state index contributed by atoms with van der Waals surface area (Å²) in [5, 5.41) is 24.9. The summed E-state index contributed by atoms with van der Waals surface area (Å²) in [5.41, 5.74) is 5.37. The van der Waals surface area contributed by atoms with Gasteiger partial charge in [-0.2, -0.15) is 0 Å². The van der Waals surface area contributed by atoms with Gasteiger partial charge in [0.05, 0.1) is 4.92 Å². The van der Waals surface area contributed by atoms with E-state index in [2.05, 4.69) is 26.6 Å². The highest BCUT2D eigenvalue weighted by Gasteiger charge is 2.39. The van der Waals surface area contributed by atoms with E-state index in [1.807, 2.05) is 99.6 Å². The van der Waals surface area contributed by atoms with Crippen LogP contribution in [-0.4, -0.2) is 113 Å². The monoisotopic (exact) mass is 1220 g/mol.